The molecule has 1 aliphatic rings. The number of nitrogens with one attached hydrogen (secondary N) is 1. The Morgan fingerprint density at radius 3 is 2.89 bits per heavy atom. The van der Waals surface area contributed by atoms with E-state index in [0.29, 0.717) is 15.7 Å². The number of non-ortho nitro benzene ring substituents is 1. The molecule has 0 saturated carbocycles. The number of nitro benzene ring substituents is 1. The van der Waals surface area contributed by atoms with Crippen molar-refractivity contribution in [3.05, 3.63) is 37.4 Å². The van der Waals surface area contributed by atoms with Crippen molar-refractivity contribution in [3.8, 4) is 0 Å². The van der Waals surface area contributed by atoms with Crippen LogP contribution in [0.5, 0.6) is 0 Å². The number of halogens is 1. The van der Waals surface area contributed by atoms with Crippen molar-refractivity contribution in [2.75, 3.05) is 6.61 Å². The maximum absolute atomic E-state index is 12.1. The molecule has 1 fully saturated rings. The second kappa shape index (κ2) is 5.83. The van der Waals surface area contributed by atoms with Crippen LogP contribution in [0.1, 0.15) is 23.7 Å². The Hall–Kier alpha value is -1.22. The summed E-state index contributed by atoms with van der Waals surface area (Å²) in [6.07, 6.45) is 0.735. The van der Waals surface area contributed by atoms with Crippen molar-refractivity contribution in [2.24, 2.45) is 0 Å². The number of ether oxygens (including phenoxy) is 1. The summed E-state index contributed by atoms with van der Waals surface area (Å²) in [5.74, 6) is -0.296. The van der Waals surface area contributed by atoms with Gasteiger partial charge < -0.3 is 10.1 Å². The molecule has 0 aliphatic carbocycles. The number of hydrogen-bond acceptors (Lipinski definition) is 4. The molecule has 1 aromatic rings. The second-order valence-corrected chi connectivity index (χ2v) is 5.53. The average molecular weight is 376 g/mol. The van der Waals surface area contributed by atoms with Gasteiger partial charge in [0.15, 0.2) is 0 Å². The second-order valence-electron chi connectivity index (χ2n) is 4.37. The third kappa shape index (κ3) is 3.21. The number of amides is 1. The SMILES string of the molecule is CC1OCCC1NC(=O)c1cc([N+](=O)[O-])ccc1I. The van der Waals surface area contributed by atoms with E-state index < -0.39 is 4.92 Å². The number of rotatable bonds is 3. The topological polar surface area (TPSA) is 81.5 Å². The molecule has 0 bridgehead atoms. The molecule has 19 heavy (non-hydrogen) atoms. The first-order chi connectivity index (χ1) is 8.99. The third-order valence-corrected chi connectivity index (χ3v) is 4.04. The summed E-state index contributed by atoms with van der Waals surface area (Å²) in [5.41, 5.74) is 0.246. The smallest absolute Gasteiger partial charge is 0.270 e. The lowest BCUT2D eigenvalue weighted by Crippen LogP contribution is -2.39. The van der Waals surface area contributed by atoms with Gasteiger partial charge >= 0.3 is 0 Å². The highest BCUT2D eigenvalue weighted by Crippen LogP contribution is 2.20. The van der Waals surface area contributed by atoms with Crippen LogP contribution in [0.2, 0.25) is 0 Å². The van der Waals surface area contributed by atoms with Crippen LogP contribution in [-0.2, 0) is 4.74 Å². The Morgan fingerprint density at radius 2 is 2.32 bits per heavy atom. The van der Waals surface area contributed by atoms with E-state index in [0.717, 1.165) is 6.42 Å². The van der Waals surface area contributed by atoms with E-state index in [1.165, 1.54) is 12.1 Å². The monoisotopic (exact) mass is 376 g/mol. The average Bonchev–Trinajstić information content (AvgIpc) is 2.75. The molecule has 0 aromatic heterocycles. The molecule has 2 atom stereocenters. The molecule has 6 nitrogen and oxygen atoms in total. The molecule has 2 rings (SSSR count). The molecule has 1 heterocycles. The van der Waals surface area contributed by atoms with Gasteiger partial charge in [0.05, 0.1) is 22.6 Å². The lowest BCUT2D eigenvalue weighted by atomic mass is 10.1. The molecular formula is C12H13IN2O4. The summed E-state index contributed by atoms with van der Waals surface area (Å²) in [6, 6.07) is 4.22. The summed E-state index contributed by atoms with van der Waals surface area (Å²) in [4.78, 5) is 22.4. The van der Waals surface area contributed by atoms with Gasteiger partial charge in [-0.3, -0.25) is 14.9 Å². The van der Waals surface area contributed by atoms with Crippen molar-refractivity contribution < 1.29 is 14.5 Å². The molecule has 1 aromatic carbocycles. The highest BCUT2D eigenvalue weighted by molar-refractivity contribution is 14.1. The quantitative estimate of drug-likeness (QED) is 0.498. The van der Waals surface area contributed by atoms with E-state index in [2.05, 4.69) is 5.32 Å². The number of nitrogens with zero attached hydrogens (tertiary/aromatic N) is 1. The fraction of sp³-hybridized carbons (Fsp3) is 0.417. The van der Waals surface area contributed by atoms with Crippen LogP contribution in [0, 0.1) is 13.7 Å². The molecule has 2 unspecified atom stereocenters. The van der Waals surface area contributed by atoms with Crippen LogP contribution < -0.4 is 5.32 Å². The van der Waals surface area contributed by atoms with E-state index in [1.807, 2.05) is 29.5 Å². The summed E-state index contributed by atoms with van der Waals surface area (Å²) < 4.78 is 6.06. The zero-order chi connectivity index (χ0) is 14.0. The molecule has 0 spiro atoms. The van der Waals surface area contributed by atoms with Gasteiger partial charge in [-0.2, -0.15) is 0 Å². The van der Waals surface area contributed by atoms with Gasteiger partial charge in [-0.05, 0) is 42.0 Å². The molecule has 1 saturated heterocycles. The molecular weight excluding hydrogens is 363 g/mol. The summed E-state index contributed by atoms with van der Waals surface area (Å²) in [5, 5.41) is 13.6. The molecule has 0 radical (unpaired) electrons. The number of hydrogen-bond donors (Lipinski definition) is 1. The Morgan fingerprint density at radius 1 is 1.58 bits per heavy atom. The minimum Gasteiger partial charge on any atom is -0.376 e. The Balaban J connectivity index is 2.18. The van der Waals surface area contributed by atoms with Crippen molar-refractivity contribution >= 4 is 34.2 Å². The fourth-order valence-corrected chi connectivity index (χ4v) is 2.55. The van der Waals surface area contributed by atoms with Crippen LogP contribution in [0.15, 0.2) is 18.2 Å². The minimum absolute atomic E-state index is 0.0275. The van der Waals surface area contributed by atoms with Gasteiger partial charge in [-0.1, -0.05) is 0 Å². The lowest BCUT2D eigenvalue weighted by molar-refractivity contribution is -0.384. The van der Waals surface area contributed by atoms with E-state index in [9.17, 15) is 14.9 Å². The Bertz CT molecular complexity index is 520. The van der Waals surface area contributed by atoms with Gasteiger partial charge in [0.2, 0.25) is 0 Å². The van der Waals surface area contributed by atoms with Gasteiger partial charge in [0, 0.05) is 22.3 Å². The molecule has 102 valence electrons. The predicted molar refractivity (Wildman–Crippen MR) is 77.1 cm³/mol. The fourth-order valence-electron chi connectivity index (χ4n) is 1.97. The first-order valence-electron chi connectivity index (χ1n) is 5.85. The van der Waals surface area contributed by atoms with Crippen LogP contribution >= 0.6 is 22.6 Å². The van der Waals surface area contributed by atoms with Gasteiger partial charge in [0.1, 0.15) is 0 Å². The summed E-state index contributed by atoms with van der Waals surface area (Å²) in [7, 11) is 0. The maximum Gasteiger partial charge on any atom is 0.270 e. The summed E-state index contributed by atoms with van der Waals surface area (Å²) in [6.45, 7) is 2.52. The van der Waals surface area contributed by atoms with E-state index in [4.69, 9.17) is 4.74 Å². The highest BCUT2D eigenvalue weighted by Gasteiger charge is 2.27. The van der Waals surface area contributed by atoms with Crippen molar-refractivity contribution in [1.29, 1.82) is 0 Å². The van der Waals surface area contributed by atoms with Crippen LogP contribution in [0.3, 0.4) is 0 Å². The largest absolute Gasteiger partial charge is 0.376 e. The van der Waals surface area contributed by atoms with E-state index >= 15 is 0 Å². The number of carbonyl (C=O) groups is 1. The molecule has 1 amide bonds. The van der Waals surface area contributed by atoms with E-state index in [-0.39, 0.29) is 23.7 Å². The minimum atomic E-state index is -0.506. The summed E-state index contributed by atoms with van der Waals surface area (Å²) >= 11 is 1.99. The van der Waals surface area contributed by atoms with Gasteiger partial charge in [-0.15, -0.1) is 0 Å². The Kier molecular flexibility index (Phi) is 4.35. The molecule has 1 aliphatic heterocycles. The molecule has 1 N–H and O–H groups in total. The van der Waals surface area contributed by atoms with Crippen molar-refractivity contribution in [3.63, 3.8) is 0 Å². The maximum atomic E-state index is 12.1. The zero-order valence-electron chi connectivity index (χ0n) is 10.3. The first kappa shape index (κ1) is 14.2. The number of benzene rings is 1. The lowest BCUT2D eigenvalue weighted by Gasteiger charge is -2.16. The standard InChI is InChI=1S/C12H13IN2O4/c1-7-11(4-5-19-7)14-12(16)9-6-8(15(17)18)2-3-10(9)13/h2-3,6-7,11H,4-5H2,1H3,(H,14,16). The molecule has 7 heteroatoms. The number of nitro groups is 1. The van der Waals surface area contributed by atoms with Gasteiger partial charge in [-0.25, -0.2) is 0 Å². The normalized spacial score (nSPS) is 22.2. The Labute approximate surface area is 123 Å². The van der Waals surface area contributed by atoms with Crippen molar-refractivity contribution in [1.82, 2.24) is 5.32 Å². The van der Waals surface area contributed by atoms with Crippen LogP contribution in [-0.4, -0.2) is 29.6 Å². The van der Waals surface area contributed by atoms with Crippen molar-refractivity contribution in [2.45, 2.75) is 25.5 Å². The third-order valence-electron chi connectivity index (χ3n) is 3.10. The van der Waals surface area contributed by atoms with Gasteiger partial charge in [0.25, 0.3) is 11.6 Å². The highest BCUT2D eigenvalue weighted by atomic mass is 127. The first-order valence-corrected chi connectivity index (χ1v) is 6.93. The van der Waals surface area contributed by atoms with E-state index in [1.54, 1.807) is 6.07 Å². The number of carbonyl (C=O) groups excluding carboxylic acids is 1. The zero-order valence-corrected chi connectivity index (χ0v) is 12.4. The predicted octanol–water partition coefficient (Wildman–Crippen LogP) is 2.11. The van der Waals surface area contributed by atoms with Crippen LogP contribution in [0.25, 0.3) is 0 Å². The van der Waals surface area contributed by atoms with Crippen LogP contribution in [0.4, 0.5) is 5.69 Å².